The summed E-state index contributed by atoms with van der Waals surface area (Å²) in [6, 6.07) is 22.7. The number of nitrogens with one attached hydrogen (secondary N) is 2. The van der Waals surface area contributed by atoms with Crippen LogP contribution in [-0.4, -0.2) is 88.1 Å². The number of ether oxygens (including phenoxy) is 1. The quantitative estimate of drug-likeness (QED) is 0.202. The van der Waals surface area contributed by atoms with Crippen molar-refractivity contribution in [3.05, 3.63) is 83.4 Å². The molecule has 2 N–H and O–H groups in total. The number of carbonyl (C=O) groups excluding carboxylic acids is 2. The van der Waals surface area contributed by atoms with Crippen LogP contribution in [0.5, 0.6) is 5.75 Å². The monoisotopic (exact) mass is 707 g/mol. The maximum atomic E-state index is 14.0. The van der Waals surface area contributed by atoms with Crippen LogP contribution >= 0.6 is 0 Å². The van der Waals surface area contributed by atoms with Crippen LogP contribution in [0.2, 0.25) is 0 Å². The van der Waals surface area contributed by atoms with E-state index < -0.39 is 0 Å². The standard InChI is InChI=1S/C44H61N5O3/c1-29-38-25-34(44(38,2)3)26-39(29)46-43(51)40-19-12-13-20-49(40)27-31-17-14-18-37(41(31)52-8)32-22-33(24-36(23-32)48(6)7)42(50)45-35(28-47(4)5)21-30-15-10-9-11-16-30/h9-11,14-18,22-24,29,34-35,38-40H,12-13,19-21,25-28H2,1-8H3,(H,45,50)(H,46,51)/t29-,34-,35-,38+,39-,40-/m0/s1. The number of para-hydroxylation sites is 1. The number of likely N-dealkylation sites (N-methyl/N-ethyl adjacent to an activating group) is 1. The number of hydrogen-bond donors (Lipinski definition) is 2. The van der Waals surface area contributed by atoms with E-state index >= 15 is 0 Å². The molecule has 3 aromatic rings. The Bertz CT molecular complexity index is 1710. The van der Waals surface area contributed by atoms with E-state index in [1.807, 2.05) is 63.4 Å². The molecule has 0 radical (unpaired) electrons. The minimum atomic E-state index is -0.154. The van der Waals surface area contributed by atoms with Crippen LogP contribution in [0.15, 0.2) is 66.7 Å². The lowest BCUT2D eigenvalue weighted by Gasteiger charge is -2.62. The van der Waals surface area contributed by atoms with E-state index in [0.29, 0.717) is 35.3 Å². The van der Waals surface area contributed by atoms with Crippen molar-refractivity contribution in [1.29, 1.82) is 0 Å². The molecular weight excluding hydrogens is 647 g/mol. The van der Waals surface area contributed by atoms with Crippen molar-refractivity contribution >= 4 is 17.5 Å². The van der Waals surface area contributed by atoms with E-state index in [9.17, 15) is 9.59 Å². The van der Waals surface area contributed by atoms with Crippen LogP contribution in [0.1, 0.15) is 74.4 Å². The fourth-order valence-electron chi connectivity index (χ4n) is 9.42. The first-order valence-corrected chi connectivity index (χ1v) is 19.4. The van der Waals surface area contributed by atoms with Gasteiger partial charge in [0.15, 0.2) is 0 Å². The molecule has 52 heavy (non-hydrogen) atoms. The van der Waals surface area contributed by atoms with Gasteiger partial charge < -0.3 is 25.2 Å². The number of likely N-dealkylation sites (tertiary alicyclic amines) is 1. The molecule has 2 bridgehead atoms. The van der Waals surface area contributed by atoms with Gasteiger partial charge in [-0.05, 0) is 105 Å². The van der Waals surface area contributed by atoms with Gasteiger partial charge in [-0.15, -0.1) is 0 Å². The van der Waals surface area contributed by atoms with Gasteiger partial charge in [0.1, 0.15) is 5.75 Å². The van der Waals surface area contributed by atoms with Crippen molar-refractivity contribution in [2.75, 3.05) is 53.3 Å². The Kier molecular flexibility index (Phi) is 11.7. The molecule has 3 aliphatic carbocycles. The van der Waals surface area contributed by atoms with E-state index in [1.54, 1.807) is 7.11 Å². The number of hydrogen-bond acceptors (Lipinski definition) is 6. The van der Waals surface area contributed by atoms with Gasteiger partial charge in [0.25, 0.3) is 5.91 Å². The van der Waals surface area contributed by atoms with Gasteiger partial charge in [0.05, 0.1) is 13.2 Å². The average Bonchev–Trinajstić information content (AvgIpc) is 3.12. The number of methoxy groups -OCH3 is 1. The Morgan fingerprint density at radius 1 is 0.981 bits per heavy atom. The normalized spacial score (nSPS) is 24.4. The number of nitrogens with zero attached hydrogens (tertiary/aromatic N) is 3. The van der Waals surface area contributed by atoms with E-state index in [0.717, 1.165) is 73.3 Å². The SMILES string of the molecule is COc1c(CN2CCCC[C@H]2C(=O)N[C@H]2C[C@@H]3C[C@H]([C@@H]2C)C3(C)C)cccc1-c1cc(C(=O)N[C@@H](Cc2ccccc2)CN(C)C)cc(N(C)C)c1. The highest BCUT2D eigenvalue weighted by molar-refractivity contribution is 5.97. The highest BCUT2D eigenvalue weighted by atomic mass is 16.5. The smallest absolute Gasteiger partial charge is 0.251 e. The summed E-state index contributed by atoms with van der Waals surface area (Å²) in [4.78, 5) is 34.4. The van der Waals surface area contributed by atoms with Crippen LogP contribution in [0, 0.1) is 23.2 Å². The van der Waals surface area contributed by atoms with Crippen LogP contribution < -0.4 is 20.3 Å². The fourth-order valence-corrected chi connectivity index (χ4v) is 9.42. The molecule has 8 heteroatoms. The van der Waals surface area contributed by atoms with Crippen LogP contribution in [-0.2, 0) is 17.8 Å². The predicted octanol–water partition coefficient (Wildman–Crippen LogP) is 6.87. The fraction of sp³-hybridized carbons (Fsp3) is 0.545. The first-order valence-electron chi connectivity index (χ1n) is 19.4. The van der Waals surface area contributed by atoms with Gasteiger partial charge in [-0.3, -0.25) is 14.5 Å². The zero-order chi connectivity index (χ0) is 37.2. The summed E-state index contributed by atoms with van der Waals surface area (Å²) in [5, 5.41) is 6.87. The number of benzene rings is 3. The van der Waals surface area contributed by atoms with E-state index in [-0.39, 0.29) is 29.9 Å². The van der Waals surface area contributed by atoms with Crippen molar-refractivity contribution < 1.29 is 14.3 Å². The Morgan fingerprint density at radius 3 is 2.42 bits per heavy atom. The lowest BCUT2D eigenvalue weighted by molar-refractivity contribution is -0.139. The van der Waals surface area contributed by atoms with Gasteiger partial charge >= 0.3 is 0 Å². The molecule has 1 saturated heterocycles. The molecule has 4 aliphatic rings. The zero-order valence-electron chi connectivity index (χ0n) is 32.7. The Morgan fingerprint density at radius 2 is 1.75 bits per heavy atom. The second-order valence-corrected chi connectivity index (χ2v) is 16.8. The molecule has 2 amide bonds. The maximum absolute atomic E-state index is 14.0. The third kappa shape index (κ3) is 8.18. The number of amides is 2. The molecule has 8 nitrogen and oxygen atoms in total. The predicted molar refractivity (Wildman–Crippen MR) is 212 cm³/mol. The third-order valence-corrected chi connectivity index (χ3v) is 12.5. The average molecular weight is 708 g/mol. The highest BCUT2D eigenvalue weighted by Crippen LogP contribution is 2.61. The van der Waals surface area contributed by atoms with E-state index in [1.165, 1.54) is 12.0 Å². The van der Waals surface area contributed by atoms with Crippen LogP contribution in [0.3, 0.4) is 0 Å². The minimum Gasteiger partial charge on any atom is -0.496 e. The maximum Gasteiger partial charge on any atom is 0.251 e. The van der Waals surface area contributed by atoms with Crippen molar-refractivity contribution in [3.8, 4) is 16.9 Å². The summed E-state index contributed by atoms with van der Waals surface area (Å²) in [7, 11) is 9.79. The van der Waals surface area contributed by atoms with E-state index in [4.69, 9.17) is 4.74 Å². The lowest BCUT2D eigenvalue weighted by atomic mass is 9.45. The summed E-state index contributed by atoms with van der Waals surface area (Å²) in [6.45, 7) is 9.39. The molecule has 7 rings (SSSR count). The molecule has 0 aromatic heterocycles. The molecular formula is C44H61N5O3. The van der Waals surface area contributed by atoms with Crippen molar-refractivity contribution in [3.63, 3.8) is 0 Å². The Hall–Kier alpha value is -3.88. The van der Waals surface area contributed by atoms with Gasteiger partial charge in [-0.25, -0.2) is 0 Å². The molecule has 3 saturated carbocycles. The minimum absolute atomic E-state index is 0.0530. The third-order valence-electron chi connectivity index (χ3n) is 12.5. The molecule has 6 atom stereocenters. The summed E-state index contributed by atoms with van der Waals surface area (Å²) >= 11 is 0. The first kappa shape index (κ1) is 37.9. The largest absolute Gasteiger partial charge is 0.496 e. The highest BCUT2D eigenvalue weighted by Gasteiger charge is 2.56. The molecule has 0 unspecified atom stereocenters. The Balaban J connectivity index is 1.22. The Labute approximate surface area is 312 Å². The second-order valence-electron chi connectivity index (χ2n) is 16.8. The van der Waals surface area contributed by atoms with Gasteiger partial charge in [-0.2, -0.15) is 0 Å². The zero-order valence-corrected chi connectivity index (χ0v) is 32.7. The molecule has 1 heterocycles. The van der Waals surface area contributed by atoms with Crippen molar-refractivity contribution in [2.45, 2.75) is 84.0 Å². The van der Waals surface area contributed by atoms with Crippen LogP contribution in [0.4, 0.5) is 5.69 Å². The van der Waals surface area contributed by atoms with Gasteiger partial charge in [0, 0.05) is 61.6 Å². The second kappa shape index (κ2) is 16.0. The molecule has 1 aliphatic heterocycles. The van der Waals surface area contributed by atoms with E-state index in [2.05, 4.69) is 77.6 Å². The van der Waals surface area contributed by atoms with Gasteiger partial charge in [0.2, 0.25) is 5.91 Å². The molecule has 3 aromatic carbocycles. The first-order chi connectivity index (χ1) is 24.8. The summed E-state index contributed by atoms with van der Waals surface area (Å²) < 4.78 is 6.17. The van der Waals surface area contributed by atoms with Crippen molar-refractivity contribution in [1.82, 2.24) is 20.4 Å². The van der Waals surface area contributed by atoms with Crippen molar-refractivity contribution in [2.24, 2.45) is 23.2 Å². The number of rotatable bonds is 13. The van der Waals surface area contributed by atoms with Gasteiger partial charge in [-0.1, -0.05) is 75.7 Å². The lowest BCUT2D eigenvalue weighted by Crippen LogP contribution is -2.62. The summed E-state index contributed by atoms with van der Waals surface area (Å²) in [5.74, 6) is 2.77. The topological polar surface area (TPSA) is 77.1 Å². The number of piperidine rings is 1. The number of carbonyl (C=O) groups is 2. The molecule has 4 fully saturated rings. The van der Waals surface area contributed by atoms with Crippen LogP contribution in [0.25, 0.3) is 11.1 Å². The molecule has 280 valence electrons. The molecule has 0 spiro atoms. The summed E-state index contributed by atoms with van der Waals surface area (Å²) in [5.41, 5.74) is 6.03. The summed E-state index contributed by atoms with van der Waals surface area (Å²) in [6.07, 6.45) is 6.15. The number of fused-ring (bicyclic) bond motifs is 2. The number of anilines is 1.